The number of anilines is 3. The van der Waals surface area contributed by atoms with Crippen LogP contribution in [0.15, 0.2) is 60.8 Å². The summed E-state index contributed by atoms with van der Waals surface area (Å²) in [5.41, 5.74) is 3.49. The van der Waals surface area contributed by atoms with Gasteiger partial charge < -0.3 is 15.4 Å². The van der Waals surface area contributed by atoms with Crippen molar-refractivity contribution >= 4 is 17.5 Å². The summed E-state index contributed by atoms with van der Waals surface area (Å²) in [6, 6.07) is 18.3. The standard InChI is InChI=1S/C22H26N4O/c1-16(2)17-8-10-19(11-9-17)25-21-13-15-24-22(26-21)23-14-12-18-6-4-5-7-20(18)27-3/h4-11,13,15-16H,12,14H2,1-3H3,(H2,23,24,25,26). The summed E-state index contributed by atoms with van der Waals surface area (Å²) in [7, 11) is 1.69. The van der Waals surface area contributed by atoms with Gasteiger partial charge in [0.2, 0.25) is 5.95 Å². The maximum atomic E-state index is 5.39. The van der Waals surface area contributed by atoms with Crippen molar-refractivity contribution in [2.24, 2.45) is 0 Å². The van der Waals surface area contributed by atoms with Gasteiger partial charge in [-0.2, -0.15) is 4.98 Å². The highest BCUT2D eigenvalue weighted by Gasteiger charge is 2.04. The SMILES string of the molecule is COc1ccccc1CCNc1nccc(Nc2ccc(C(C)C)cc2)n1. The summed E-state index contributed by atoms with van der Waals surface area (Å²) in [5, 5.41) is 6.60. The Bertz CT molecular complexity index is 862. The second-order valence-corrected chi connectivity index (χ2v) is 6.66. The van der Waals surface area contributed by atoms with E-state index < -0.39 is 0 Å². The molecule has 5 heteroatoms. The Morgan fingerprint density at radius 1 is 1.00 bits per heavy atom. The maximum Gasteiger partial charge on any atom is 0.224 e. The molecule has 0 amide bonds. The molecule has 5 nitrogen and oxygen atoms in total. The van der Waals surface area contributed by atoms with Crippen LogP contribution in [0.5, 0.6) is 5.75 Å². The average molecular weight is 362 g/mol. The number of hydrogen-bond donors (Lipinski definition) is 2. The lowest BCUT2D eigenvalue weighted by atomic mass is 10.0. The van der Waals surface area contributed by atoms with Gasteiger partial charge in [0, 0.05) is 18.4 Å². The molecule has 0 unspecified atom stereocenters. The van der Waals surface area contributed by atoms with Crippen molar-refractivity contribution in [3.63, 3.8) is 0 Å². The fraction of sp³-hybridized carbons (Fsp3) is 0.273. The van der Waals surface area contributed by atoms with E-state index >= 15 is 0 Å². The van der Waals surface area contributed by atoms with Gasteiger partial charge in [0.1, 0.15) is 11.6 Å². The topological polar surface area (TPSA) is 59.1 Å². The molecule has 0 saturated carbocycles. The van der Waals surface area contributed by atoms with Gasteiger partial charge in [-0.05, 0) is 47.7 Å². The fourth-order valence-corrected chi connectivity index (χ4v) is 2.83. The molecule has 0 radical (unpaired) electrons. The van der Waals surface area contributed by atoms with E-state index in [0.717, 1.165) is 35.8 Å². The number of methoxy groups -OCH3 is 1. The molecule has 0 atom stereocenters. The predicted octanol–water partition coefficient (Wildman–Crippen LogP) is 5.01. The lowest BCUT2D eigenvalue weighted by Gasteiger charge is -2.11. The zero-order valence-electron chi connectivity index (χ0n) is 16.1. The monoisotopic (exact) mass is 362 g/mol. The zero-order chi connectivity index (χ0) is 19.1. The van der Waals surface area contributed by atoms with Gasteiger partial charge in [0.15, 0.2) is 0 Å². The molecule has 2 N–H and O–H groups in total. The Balaban J connectivity index is 1.58. The molecule has 0 aliphatic heterocycles. The normalized spacial score (nSPS) is 10.7. The molecule has 0 aliphatic rings. The Morgan fingerprint density at radius 3 is 2.52 bits per heavy atom. The van der Waals surface area contributed by atoms with Crippen LogP contribution in [0.2, 0.25) is 0 Å². The van der Waals surface area contributed by atoms with Gasteiger partial charge in [-0.15, -0.1) is 0 Å². The number of ether oxygens (including phenoxy) is 1. The second kappa shape index (κ2) is 9.03. The molecule has 3 aromatic rings. The Kier molecular flexibility index (Phi) is 6.26. The third-order valence-electron chi connectivity index (χ3n) is 4.38. The first-order valence-corrected chi connectivity index (χ1v) is 9.21. The smallest absolute Gasteiger partial charge is 0.224 e. The van der Waals surface area contributed by atoms with Crippen molar-refractivity contribution in [3.8, 4) is 5.75 Å². The number of nitrogens with one attached hydrogen (secondary N) is 2. The van der Waals surface area contributed by atoms with Crippen molar-refractivity contribution in [2.75, 3.05) is 24.3 Å². The molecule has 3 rings (SSSR count). The van der Waals surface area contributed by atoms with E-state index in [0.29, 0.717) is 11.9 Å². The highest BCUT2D eigenvalue weighted by Crippen LogP contribution is 2.20. The first-order chi connectivity index (χ1) is 13.2. The summed E-state index contributed by atoms with van der Waals surface area (Å²) in [5.74, 6) is 2.80. The number of benzene rings is 2. The molecule has 0 fully saturated rings. The van der Waals surface area contributed by atoms with Crippen LogP contribution in [0, 0.1) is 0 Å². The van der Waals surface area contributed by atoms with Crippen molar-refractivity contribution in [2.45, 2.75) is 26.2 Å². The number of hydrogen-bond acceptors (Lipinski definition) is 5. The first kappa shape index (κ1) is 18.7. The van der Waals surface area contributed by atoms with Crippen molar-refractivity contribution < 1.29 is 4.74 Å². The quantitative estimate of drug-likeness (QED) is 0.590. The Hall–Kier alpha value is -3.08. The summed E-state index contributed by atoms with van der Waals surface area (Å²) >= 11 is 0. The number of rotatable bonds is 8. The molecule has 1 aromatic heterocycles. The molecule has 140 valence electrons. The van der Waals surface area contributed by atoms with Gasteiger partial charge in [0.05, 0.1) is 7.11 Å². The van der Waals surface area contributed by atoms with E-state index in [1.165, 1.54) is 5.56 Å². The van der Waals surface area contributed by atoms with Crippen LogP contribution in [0.1, 0.15) is 30.9 Å². The lowest BCUT2D eigenvalue weighted by molar-refractivity contribution is 0.410. The minimum absolute atomic E-state index is 0.525. The third-order valence-corrected chi connectivity index (χ3v) is 4.38. The summed E-state index contributed by atoms with van der Waals surface area (Å²) in [6.07, 6.45) is 2.59. The molecular formula is C22H26N4O. The van der Waals surface area contributed by atoms with Gasteiger partial charge in [0.25, 0.3) is 0 Å². The first-order valence-electron chi connectivity index (χ1n) is 9.21. The van der Waals surface area contributed by atoms with Crippen LogP contribution >= 0.6 is 0 Å². The predicted molar refractivity (Wildman–Crippen MR) is 111 cm³/mol. The Morgan fingerprint density at radius 2 is 1.78 bits per heavy atom. The largest absolute Gasteiger partial charge is 0.496 e. The van der Waals surface area contributed by atoms with E-state index in [1.54, 1.807) is 13.3 Å². The van der Waals surface area contributed by atoms with E-state index in [9.17, 15) is 0 Å². The van der Waals surface area contributed by atoms with Crippen LogP contribution < -0.4 is 15.4 Å². The molecule has 2 aromatic carbocycles. The van der Waals surface area contributed by atoms with Crippen LogP contribution in [-0.4, -0.2) is 23.6 Å². The molecule has 27 heavy (non-hydrogen) atoms. The highest BCUT2D eigenvalue weighted by atomic mass is 16.5. The van der Waals surface area contributed by atoms with Crippen molar-refractivity contribution in [3.05, 3.63) is 71.9 Å². The Labute approximate surface area is 160 Å². The molecule has 1 heterocycles. The van der Waals surface area contributed by atoms with Gasteiger partial charge in [-0.25, -0.2) is 4.98 Å². The highest BCUT2D eigenvalue weighted by molar-refractivity contribution is 5.57. The molecule has 0 bridgehead atoms. The summed E-state index contributed by atoms with van der Waals surface area (Å²) < 4.78 is 5.39. The van der Waals surface area contributed by atoms with Crippen molar-refractivity contribution in [1.82, 2.24) is 9.97 Å². The van der Waals surface area contributed by atoms with Gasteiger partial charge >= 0.3 is 0 Å². The fourth-order valence-electron chi connectivity index (χ4n) is 2.83. The summed E-state index contributed by atoms with van der Waals surface area (Å²) in [6.45, 7) is 5.11. The van der Waals surface area contributed by atoms with E-state index in [-0.39, 0.29) is 0 Å². The molecular weight excluding hydrogens is 336 g/mol. The maximum absolute atomic E-state index is 5.39. The van der Waals surface area contributed by atoms with E-state index in [1.807, 2.05) is 24.3 Å². The number of para-hydroxylation sites is 1. The molecule has 0 saturated heterocycles. The minimum atomic E-state index is 0.525. The van der Waals surface area contributed by atoms with Gasteiger partial charge in [-0.1, -0.05) is 44.2 Å². The lowest BCUT2D eigenvalue weighted by Crippen LogP contribution is -2.09. The summed E-state index contributed by atoms with van der Waals surface area (Å²) in [4.78, 5) is 8.83. The van der Waals surface area contributed by atoms with Crippen LogP contribution in [0.4, 0.5) is 17.5 Å². The second-order valence-electron chi connectivity index (χ2n) is 6.66. The molecule has 0 spiro atoms. The van der Waals surface area contributed by atoms with Gasteiger partial charge in [-0.3, -0.25) is 0 Å². The van der Waals surface area contributed by atoms with E-state index in [2.05, 4.69) is 64.8 Å². The van der Waals surface area contributed by atoms with Crippen LogP contribution in [-0.2, 0) is 6.42 Å². The third kappa shape index (κ3) is 5.20. The number of aromatic nitrogens is 2. The van der Waals surface area contributed by atoms with Crippen LogP contribution in [0.25, 0.3) is 0 Å². The van der Waals surface area contributed by atoms with Crippen LogP contribution in [0.3, 0.4) is 0 Å². The zero-order valence-corrected chi connectivity index (χ0v) is 16.1. The van der Waals surface area contributed by atoms with Crippen molar-refractivity contribution in [1.29, 1.82) is 0 Å². The average Bonchev–Trinajstić information content (AvgIpc) is 2.69. The minimum Gasteiger partial charge on any atom is -0.496 e. The molecule has 0 aliphatic carbocycles. The number of nitrogens with zero attached hydrogens (tertiary/aromatic N) is 2. The van der Waals surface area contributed by atoms with E-state index in [4.69, 9.17) is 4.74 Å².